The van der Waals surface area contributed by atoms with Crippen molar-refractivity contribution in [2.45, 2.75) is 39.3 Å². The molecular weight excluding hydrogens is 220 g/mol. The zero-order chi connectivity index (χ0) is 13.1. The average molecular weight is 246 g/mol. The number of benzene rings is 1. The fraction of sp³-hybridized carbons (Fsp3) is 0.625. The maximum atomic E-state index is 3.34. The average Bonchev–Trinajstić information content (AvgIpc) is 2.26. The van der Waals surface area contributed by atoms with E-state index in [1.54, 1.807) is 0 Å². The van der Waals surface area contributed by atoms with E-state index in [1.165, 1.54) is 17.5 Å². The lowest BCUT2D eigenvalue weighted by molar-refractivity contribution is 0.136. The Balaban J connectivity index is 1.99. The fourth-order valence-electron chi connectivity index (χ4n) is 2.52. The van der Waals surface area contributed by atoms with E-state index in [4.69, 9.17) is 0 Å². The standard InChI is InChI=1S/C16H26N2/c1-12(2)9-14-5-7-15(8-6-14)13(3)18(4)16-10-17-11-16/h5-8,12-13,16-17H,9-11H2,1-4H3. The molecule has 1 heterocycles. The van der Waals surface area contributed by atoms with Crippen LogP contribution in [0.25, 0.3) is 0 Å². The summed E-state index contributed by atoms with van der Waals surface area (Å²) in [5.74, 6) is 0.733. The summed E-state index contributed by atoms with van der Waals surface area (Å²) in [6, 6.07) is 10.4. The molecule has 18 heavy (non-hydrogen) atoms. The summed E-state index contributed by atoms with van der Waals surface area (Å²) in [6.45, 7) is 9.11. The van der Waals surface area contributed by atoms with Crippen LogP contribution in [0.2, 0.25) is 0 Å². The zero-order valence-electron chi connectivity index (χ0n) is 12.1. The van der Waals surface area contributed by atoms with Crippen LogP contribution >= 0.6 is 0 Å². The molecule has 2 nitrogen and oxygen atoms in total. The maximum absolute atomic E-state index is 3.34. The first kappa shape index (κ1) is 13.6. The van der Waals surface area contributed by atoms with Gasteiger partial charge in [-0.2, -0.15) is 0 Å². The van der Waals surface area contributed by atoms with E-state index in [0.29, 0.717) is 12.1 Å². The van der Waals surface area contributed by atoms with Gasteiger partial charge in [0.1, 0.15) is 0 Å². The van der Waals surface area contributed by atoms with Gasteiger partial charge in [-0.1, -0.05) is 38.1 Å². The molecule has 1 unspecified atom stereocenters. The third-order valence-corrected chi connectivity index (χ3v) is 4.05. The molecular formula is C16H26N2. The van der Waals surface area contributed by atoms with Crippen molar-refractivity contribution in [1.29, 1.82) is 0 Å². The van der Waals surface area contributed by atoms with Gasteiger partial charge in [-0.05, 0) is 37.4 Å². The molecule has 0 bridgehead atoms. The minimum atomic E-state index is 0.505. The van der Waals surface area contributed by atoms with Gasteiger partial charge in [0.15, 0.2) is 0 Å². The van der Waals surface area contributed by atoms with Crippen LogP contribution in [0, 0.1) is 5.92 Å². The number of hydrogen-bond acceptors (Lipinski definition) is 2. The summed E-state index contributed by atoms with van der Waals surface area (Å²) >= 11 is 0. The first-order valence-corrected chi connectivity index (χ1v) is 7.09. The van der Waals surface area contributed by atoms with Gasteiger partial charge in [-0.15, -0.1) is 0 Å². The highest BCUT2D eigenvalue weighted by Gasteiger charge is 2.25. The third-order valence-electron chi connectivity index (χ3n) is 4.05. The SMILES string of the molecule is CC(C)Cc1ccc(C(C)N(C)C2CNC2)cc1. The van der Waals surface area contributed by atoms with E-state index in [0.717, 1.165) is 19.0 Å². The van der Waals surface area contributed by atoms with E-state index in [1.807, 2.05) is 0 Å². The highest BCUT2D eigenvalue weighted by atomic mass is 15.2. The summed E-state index contributed by atoms with van der Waals surface area (Å²) in [6.07, 6.45) is 1.18. The molecule has 0 aromatic heterocycles. The molecule has 1 fully saturated rings. The summed E-state index contributed by atoms with van der Waals surface area (Å²) in [5.41, 5.74) is 2.88. The van der Waals surface area contributed by atoms with Crippen LogP contribution in [0.3, 0.4) is 0 Å². The van der Waals surface area contributed by atoms with Crippen molar-refractivity contribution in [3.05, 3.63) is 35.4 Å². The number of likely N-dealkylation sites (N-methyl/N-ethyl adjacent to an activating group) is 1. The lowest BCUT2D eigenvalue weighted by atomic mass is 9.98. The Morgan fingerprint density at radius 3 is 2.22 bits per heavy atom. The Hall–Kier alpha value is -0.860. The molecule has 1 atom stereocenters. The van der Waals surface area contributed by atoms with Gasteiger partial charge in [0.25, 0.3) is 0 Å². The van der Waals surface area contributed by atoms with Gasteiger partial charge in [-0.25, -0.2) is 0 Å². The highest BCUT2D eigenvalue weighted by molar-refractivity contribution is 5.25. The lowest BCUT2D eigenvalue weighted by Gasteiger charge is -2.39. The predicted molar refractivity (Wildman–Crippen MR) is 77.8 cm³/mol. The van der Waals surface area contributed by atoms with Gasteiger partial charge < -0.3 is 5.32 Å². The summed E-state index contributed by atoms with van der Waals surface area (Å²) in [5, 5.41) is 3.34. The Labute approximate surface area is 111 Å². The van der Waals surface area contributed by atoms with Crippen LogP contribution in [0.15, 0.2) is 24.3 Å². The number of rotatable bonds is 5. The highest BCUT2D eigenvalue weighted by Crippen LogP contribution is 2.23. The largest absolute Gasteiger partial charge is 0.314 e. The molecule has 1 saturated heterocycles. The van der Waals surface area contributed by atoms with Gasteiger partial charge >= 0.3 is 0 Å². The molecule has 1 N–H and O–H groups in total. The van der Waals surface area contributed by atoms with Crippen LogP contribution < -0.4 is 5.32 Å². The molecule has 2 rings (SSSR count). The molecule has 1 aliphatic heterocycles. The minimum Gasteiger partial charge on any atom is -0.314 e. The van der Waals surface area contributed by atoms with E-state index in [2.05, 4.69) is 62.3 Å². The lowest BCUT2D eigenvalue weighted by Crippen LogP contribution is -2.56. The van der Waals surface area contributed by atoms with Gasteiger partial charge in [-0.3, -0.25) is 4.90 Å². The Kier molecular flexibility index (Phi) is 4.41. The van der Waals surface area contributed by atoms with Crippen LogP contribution in [0.1, 0.15) is 37.9 Å². The summed E-state index contributed by atoms with van der Waals surface area (Å²) in [4.78, 5) is 2.48. The van der Waals surface area contributed by atoms with Crippen molar-refractivity contribution >= 4 is 0 Å². The van der Waals surface area contributed by atoms with Gasteiger partial charge in [0.2, 0.25) is 0 Å². The summed E-state index contributed by atoms with van der Waals surface area (Å²) in [7, 11) is 2.23. The molecule has 1 aromatic carbocycles. The number of hydrogen-bond donors (Lipinski definition) is 1. The van der Waals surface area contributed by atoms with Crippen molar-refractivity contribution in [2.75, 3.05) is 20.1 Å². The third kappa shape index (κ3) is 3.12. The van der Waals surface area contributed by atoms with Gasteiger partial charge in [0, 0.05) is 25.2 Å². The molecule has 0 amide bonds. The Morgan fingerprint density at radius 2 is 1.78 bits per heavy atom. The normalized spacial score (nSPS) is 18.1. The molecule has 0 saturated carbocycles. The maximum Gasteiger partial charge on any atom is 0.0348 e. The zero-order valence-corrected chi connectivity index (χ0v) is 12.1. The van der Waals surface area contributed by atoms with Gasteiger partial charge in [0.05, 0.1) is 0 Å². The second-order valence-electron chi connectivity index (χ2n) is 5.99. The molecule has 100 valence electrons. The Morgan fingerprint density at radius 1 is 1.17 bits per heavy atom. The predicted octanol–water partition coefficient (Wildman–Crippen LogP) is 2.85. The minimum absolute atomic E-state index is 0.505. The summed E-state index contributed by atoms with van der Waals surface area (Å²) < 4.78 is 0. The van der Waals surface area contributed by atoms with Crippen molar-refractivity contribution < 1.29 is 0 Å². The van der Waals surface area contributed by atoms with Crippen LogP contribution in [-0.2, 0) is 6.42 Å². The van der Waals surface area contributed by atoms with Crippen LogP contribution in [-0.4, -0.2) is 31.1 Å². The van der Waals surface area contributed by atoms with Crippen molar-refractivity contribution in [2.24, 2.45) is 5.92 Å². The smallest absolute Gasteiger partial charge is 0.0348 e. The van der Waals surface area contributed by atoms with Crippen LogP contribution in [0.5, 0.6) is 0 Å². The van der Waals surface area contributed by atoms with E-state index >= 15 is 0 Å². The number of nitrogens with zero attached hydrogens (tertiary/aromatic N) is 1. The van der Waals surface area contributed by atoms with Crippen molar-refractivity contribution in [3.63, 3.8) is 0 Å². The van der Waals surface area contributed by atoms with Crippen molar-refractivity contribution in [1.82, 2.24) is 10.2 Å². The molecule has 0 radical (unpaired) electrons. The van der Waals surface area contributed by atoms with E-state index < -0.39 is 0 Å². The van der Waals surface area contributed by atoms with E-state index in [-0.39, 0.29) is 0 Å². The van der Waals surface area contributed by atoms with Crippen molar-refractivity contribution in [3.8, 4) is 0 Å². The molecule has 1 aliphatic rings. The quantitative estimate of drug-likeness (QED) is 0.859. The monoisotopic (exact) mass is 246 g/mol. The first-order valence-electron chi connectivity index (χ1n) is 7.09. The second-order valence-corrected chi connectivity index (χ2v) is 5.99. The molecule has 0 spiro atoms. The fourth-order valence-corrected chi connectivity index (χ4v) is 2.52. The first-order chi connectivity index (χ1) is 8.58. The number of nitrogens with one attached hydrogen (secondary N) is 1. The molecule has 0 aliphatic carbocycles. The Bertz CT molecular complexity index is 365. The second kappa shape index (κ2) is 5.85. The van der Waals surface area contributed by atoms with Crippen LogP contribution in [0.4, 0.5) is 0 Å². The molecule has 1 aromatic rings. The van der Waals surface area contributed by atoms with E-state index in [9.17, 15) is 0 Å². The molecule has 2 heteroatoms. The topological polar surface area (TPSA) is 15.3 Å².